The minimum atomic E-state index is -0.413. The van der Waals surface area contributed by atoms with Gasteiger partial charge in [0, 0.05) is 11.6 Å². The Balaban J connectivity index is 3.33. The van der Waals surface area contributed by atoms with Crippen LogP contribution in [0.1, 0.15) is 16.7 Å². The van der Waals surface area contributed by atoms with E-state index in [4.69, 9.17) is 5.26 Å². The van der Waals surface area contributed by atoms with Crippen LogP contribution < -0.4 is 0 Å². The molecule has 0 aliphatic carbocycles. The van der Waals surface area contributed by atoms with Crippen LogP contribution in [0.4, 0.5) is 5.69 Å². The van der Waals surface area contributed by atoms with Crippen molar-refractivity contribution < 1.29 is 4.92 Å². The highest BCUT2D eigenvalue weighted by Gasteiger charge is 2.14. The van der Waals surface area contributed by atoms with Gasteiger partial charge < -0.3 is 0 Å². The Morgan fingerprint density at radius 3 is 2.64 bits per heavy atom. The molecule has 14 heavy (non-hydrogen) atoms. The van der Waals surface area contributed by atoms with Gasteiger partial charge in [0.05, 0.1) is 17.4 Å². The third-order valence-electron chi connectivity index (χ3n) is 2.10. The number of rotatable bonds is 2. The van der Waals surface area contributed by atoms with Gasteiger partial charge in [0.15, 0.2) is 0 Å². The largest absolute Gasteiger partial charge is 0.272 e. The van der Waals surface area contributed by atoms with Gasteiger partial charge in [0.1, 0.15) is 0 Å². The molecular weight excluding hydrogens is 180 g/mol. The number of nitrogens with zero attached hydrogens (tertiary/aromatic N) is 2. The van der Waals surface area contributed by atoms with E-state index in [1.165, 1.54) is 6.07 Å². The molecule has 0 N–H and O–H groups in total. The summed E-state index contributed by atoms with van der Waals surface area (Å²) in [5, 5.41) is 19.2. The van der Waals surface area contributed by atoms with Gasteiger partial charge in [-0.3, -0.25) is 10.1 Å². The van der Waals surface area contributed by atoms with Crippen LogP contribution in [-0.2, 0) is 6.42 Å². The van der Waals surface area contributed by atoms with E-state index in [0.29, 0.717) is 5.56 Å². The van der Waals surface area contributed by atoms with Crippen molar-refractivity contribution in [2.45, 2.75) is 20.3 Å². The lowest BCUT2D eigenvalue weighted by molar-refractivity contribution is -0.385. The van der Waals surface area contributed by atoms with Crippen LogP contribution in [0.15, 0.2) is 12.1 Å². The lowest BCUT2D eigenvalue weighted by atomic mass is 10.0. The molecule has 1 rings (SSSR count). The highest BCUT2D eigenvalue weighted by atomic mass is 16.6. The zero-order valence-electron chi connectivity index (χ0n) is 8.07. The molecule has 4 nitrogen and oxygen atoms in total. The number of nitro groups is 1. The van der Waals surface area contributed by atoms with Gasteiger partial charge in [-0.05, 0) is 25.0 Å². The predicted molar refractivity (Wildman–Crippen MR) is 51.9 cm³/mol. The first-order chi connectivity index (χ1) is 6.56. The number of nitro benzene ring substituents is 1. The Morgan fingerprint density at radius 2 is 2.14 bits per heavy atom. The standard InChI is InChI=1S/C10H10N2O2/c1-7-5-9(3-4-11)8(2)10(6-7)12(13)14/h5-6H,3H2,1-2H3. The highest BCUT2D eigenvalue weighted by Crippen LogP contribution is 2.23. The second-order valence-electron chi connectivity index (χ2n) is 3.16. The minimum absolute atomic E-state index is 0.0928. The number of nitriles is 1. The molecule has 1 aromatic rings. The second-order valence-corrected chi connectivity index (χ2v) is 3.16. The van der Waals surface area contributed by atoms with E-state index in [1.54, 1.807) is 13.8 Å². The Morgan fingerprint density at radius 1 is 1.50 bits per heavy atom. The van der Waals surface area contributed by atoms with Crippen LogP contribution in [0.25, 0.3) is 0 Å². The number of hydrogen-bond acceptors (Lipinski definition) is 3. The minimum Gasteiger partial charge on any atom is -0.258 e. The van der Waals surface area contributed by atoms with Crippen molar-refractivity contribution in [2.75, 3.05) is 0 Å². The SMILES string of the molecule is Cc1cc(CC#N)c(C)c([N+](=O)[O-])c1. The van der Waals surface area contributed by atoms with Gasteiger partial charge in [-0.1, -0.05) is 6.07 Å². The molecule has 0 bridgehead atoms. The molecule has 0 heterocycles. The molecule has 0 aliphatic heterocycles. The monoisotopic (exact) mass is 190 g/mol. The maximum Gasteiger partial charge on any atom is 0.272 e. The zero-order valence-corrected chi connectivity index (χ0v) is 8.07. The van der Waals surface area contributed by atoms with Crippen molar-refractivity contribution in [3.05, 3.63) is 38.9 Å². The highest BCUT2D eigenvalue weighted by molar-refractivity contribution is 5.48. The van der Waals surface area contributed by atoms with Crippen LogP contribution in [0, 0.1) is 35.3 Å². The van der Waals surface area contributed by atoms with E-state index in [1.807, 2.05) is 12.1 Å². The first-order valence-corrected chi connectivity index (χ1v) is 4.17. The smallest absolute Gasteiger partial charge is 0.258 e. The number of aryl methyl sites for hydroxylation is 1. The molecule has 0 aliphatic rings. The van der Waals surface area contributed by atoms with Crippen LogP contribution in [0.5, 0.6) is 0 Å². The van der Waals surface area contributed by atoms with Crippen LogP contribution in [0.2, 0.25) is 0 Å². The van der Waals surface area contributed by atoms with Crippen LogP contribution in [-0.4, -0.2) is 4.92 Å². The van der Waals surface area contributed by atoms with Gasteiger partial charge >= 0.3 is 0 Å². The Labute approximate surface area is 81.9 Å². The zero-order chi connectivity index (χ0) is 10.7. The average molecular weight is 190 g/mol. The topological polar surface area (TPSA) is 66.9 Å². The first kappa shape index (κ1) is 10.2. The van der Waals surface area contributed by atoms with Crippen molar-refractivity contribution in [1.29, 1.82) is 5.26 Å². The summed E-state index contributed by atoms with van der Waals surface area (Å²) in [7, 11) is 0. The van der Waals surface area contributed by atoms with E-state index in [-0.39, 0.29) is 12.1 Å². The van der Waals surface area contributed by atoms with Gasteiger partial charge in [0.25, 0.3) is 5.69 Å². The second kappa shape index (κ2) is 3.88. The van der Waals surface area contributed by atoms with E-state index in [0.717, 1.165) is 11.1 Å². The normalized spacial score (nSPS) is 9.50. The molecule has 1 aromatic carbocycles. The van der Waals surface area contributed by atoms with Gasteiger partial charge in [-0.25, -0.2) is 0 Å². The fourth-order valence-electron chi connectivity index (χ4n) is 1.37. The third-order valence-corrected chi connectivity index (χ3v) is 2.10. The van der Waals surface area contributed by atoms with Crippen LogP contribution >= 0.6 is 0 Å². The van der Waals surface area contributed by atoms with E-state index in [2.05, 4.69) is 0 Å². The molecule has 72 valence electrons. The Hall–Kier alpha value is -1.89. The molecule has 0 spiro atoms. The number of hydrogen-bond donors (Lipinski definition) is 0. The molecule has 0 saturated carbocycles. The molecule has 0 radical (unpaired) electrons. The van der Waals surface area contributed by atoms with Crippen LogP contribution in [0.3, 0.4) is 0 Å². The van der Waals surface area contributed by atoms with Crippen molar-refractivity contribution in [2.24, 2.45) is 0 Å². The molecule has 0 atom stereocenters. The number of benzene rings is 1. The Bertz CT molecular complexity index is 419. The van der Waals surface area contributed by atoms with E-state index in [9.17, 15) is 10.1 Å². The predicted octanol–water partition coefficient (Wildman–Crippen LogP) is 2.28. The maximum absolute atomic E-state index is 10.7. The third kappa shape index (κ3) is 1.88. The summed E-state index contributed by atoms with van der Waals surface area (Å²) in [6, 6.07) is 5.33. The van der Waals surface area contributed by atoms with E-state index >= 15 is 0 Å². The van der Waals surface area contributed by atoms with Gasteiger partial charge in [-0.2, -0.15) is 5.26 Å². The van der Waals surface area contributed by atoms with Gasteiger partial charge in [0.2, 0.25) is 0 Å². The summed E-state index contributed by atoms with van der Waals surface area (Å²) in [5.74, 6) is 0. The summed E-state index contributed by atoms with van der Waals surface area (Å²) in [5.41, 5.74) is 2.23. The van der Waals surface area contributed by atoms with E-state index < -0.39 is 4.92 Å². The quantitative estimate of drug-likeness (QED) is 0.530. The summed E-state index contributed by atoms with van der Waals surface area (Å²) in [6.07, 6.45) is 0.217. The molecule has 0 fully saturated rings. The van der Waals surface area contributed by atoms with Gasteiger partial charge in [-0.15, -0.1) is 0 Å². The lowest BCUT2D eigenvalue weighted by Crippen LogP contribution is -1.97. The molecule has 0 saturated heterocycles. The summed E-state index contributed by atoms with van der Waals surface area (Å²) < 4.78 is 0. The summed E-state index contributed by atoms with van der Waals surface area (Å²) in [6.45, 7) is 3.46. The molecular formula is C10H10N2O2. The average Bonchev–Trinajstić information content (AvgIpc) is 2.10. The maximum atomic E-state index is 10.7. The fourth-order valence-corrected chi connectivity index (χ4v) is 1.37. The van der Waals surface area contributed by atoms with Crippen molar-refractivity contribution in [3.63, 3.8) is 0 Å². The molecule has 0 unspecified atom stereocenters. The van der Waals surface area contributed by atoms with Crippen molar-refractivity contribution in [1.82, 2.24) is 0 Å². The van der Waals surface area contributed by atoms with Crippen molar-refractivity contribution >= 4 is 5.69 Å². The molecule has 0 amide bonds. The molecule has 0 aromatic heterocycles. The summed E-state index contributed by atoms with van der Waals surface area (Å²) in [4.78, 5) is 10.2. The lowest BCUT2D eigenvalue weighted by Gasteiger charge is -2.04. The fraction of sp³-hybridized carbons (Fsp3) is 0.300. The molecule has 4 heteroatoms. The Kier molecular flexibility index (Phi) is 2.82. The first-order valence-electron chi connectivity index (χ1n) is 4.17. The summed E-state index contributed by atoms with van der Waals surface area (Å²) >= 11 is 0. The van der Waals surface area contributed by atoms with Crippen molar-refractivity contribution in [3.8, 4) is 6.07 Å².